The molecule has 1 atom stereocenters. The average molecular weight is 508 g/mol. The van der Waals surface area contributed by atoms with E-state index < -0.39 is 12.1 Å². The number of aromatic amines is 1. The highest BCUT2D eigenvalue weighted by atomic mass is 32.1. The topological polar surface area (TPSA) is 105 Å². The number of aryl methyl sites for hydroxylation is 1. The fraction of sp³-hybridized carbons (Fsp3) is 0.296. The van der Waals surface area contributed by atoms with Crippen molar-refractivity contribution in [1.82, 2.24) is 14.9 Å². The predicted octanol–water partition coefficient (Wildman–Crippen LogP) is 3.91. The van der Waals surface area contributed by atoms with Crippen LogP contribution in [0.3, 0.4) is 0 Å². The zero-order chi connectivity index (χ0) is 25.5. The maximum absolute atomic E-state index is 12.9. The summed E-state index contributed by atoms with van der Waals surface area (Å²) in [6, 6.07) is 19.2. The largest absolute Gasteiger partial charge is 0.491 e. The zero-order valence-corrected chi connectivity index (χ0v) is 21.1. The fourth-order valence-electron chi connectivity index (χ4n) is 3.95. The number of aliphatic hydroxyl groups is 1. The van der Waals surface area contributed by atoms with Crippen LogP contribution in [0.2, 0.25) is 0 Å². The van der Waals surface area contributed by atoms with Gasteiger partial charge in [-0.3, -0.25) is 9.69 Å². The van der Waals surface area contributed by atoms with Crippen molar-refractivity contribution in [3.05, 3.63) is 92.8 Å². The number of hydrogen-bond acceptors (Lipinski definition) is 8. The molecule has 0 saturated heterocycles. The summed E-state index contributed by atoms with van der Waals surface area (Å²) in [5.41, 5.74) is 1.34. The van der Waals surface area contributed by atoms with Gasteiger partial charge < -0.3 is 19.6 Å². The van der Waals surface area contributed by atoms with Gasteiger partial charge in [0.1, 0.15) is 34.0 Å². The first kappa shape index (κ1) is 25.6. The number of esters is 1. The summed E-state index contributed by atoms with van der Waals surface area (Å²) in [5.74, 6) is 0.690. The highest BCUT2D eigenvalue weighted by molar-refractivity contribution is 7.20. The van der Waals surface area contributed by atoms with Gasteiger partial charge in [0.05, 0.1) is 18.5 Å². The number of thiophene rings is 1. The van der Waals surface area contributed by atoms with Crippen LogP contribution >= 0.6 is 11.3 Å². The number of fused-ring (bicyclic) bond motifs is 1. The van der Waals surface area contributed by atoms with Gasteiger partial charge in [0, 0.05) is 13.1 Å². The summed E-state index contributed by atoms with van der Waals surface area (Å²) < 4.78 is 10.8. The molecule has 0 saturated carbocycles. The number of H-pyrrole nitrogens is 1. The van der Waals surface area contributed by atoms with E-state index in [0.717, 1.165) is 16.9 Å². The Labute approximate surface area is 213 Å². The lowest BCUT2D eigenvalue weighted by Crippen LogP contribution is -2.35. The molecule has 9 heteroatoms. The Morgan fingerprint density at radius 3 is 2.50 bits per heavy atom. The number of benzene rings is 2. The molecular weight excluding hydrogens is 478 g/mol. The van der Waals surface area contributed by atoms with E-state index in [4.69, 9.17) is 9.47 Å². The van der Waals surface area contributed by atoms with Crippen LogP contribution in [0, 0.1) is 6.92 Å². The van der Waals surface area contributed by atoms with Crippen LogP contribution in [-0.4, -0.2) is 51.8 Å². The molecular formula is C27H29N3O5S. The first-order chi connectivity index (χ1) is 17.4. The minimum absolute atomic E-state index is 0.130. The lowest BCUT2D eigenvalue weighted by molar-refractivity contribution is 0.0531. The molecule has 0 bridgehead atoms. The van der Waals surface area contributed by atoms with Gasteiger partial charge in [-0.15, -0.1) is 11.3 Å². The monoisotopic (exact) mass is 507 g/mol. The maximum atomic E-state index is 12.9. The lowest BCUT2D eigenvalue weighted by atomic mass is 10.2. The van der Waals surface area contributed by atoms with Crippen LogP contribution in [0.1, 0.15) is 33.5 Å². The quantitative estimate of drug-likeness (QED) is 0.297. The van der Waals surface area contributed by atoms with Gasteiger partial charge in [-0.2, -0.15) is 0 Å². The van der Waals surface area contributed by atoms with E-state index in [0.29, 0.717) is 51.9 Å². The zero-order valence-electron chi connectivity index (χ0n) is 20.3. The van der Waals surface area contributed by atoms with Gasteiger partial charge in [0.25, 0.3) is 5.56 Å². The number of hydrogen-bond donors (Lipinski definition) is 2. The van der Waals surface area contributed by atoms with Crippen molar-refractivity contribution in [1.29, 1.82) is 0 Å². The van der Waals surface area contributed by atoms with Gasteiger partial charge in [0.2, 0.25) is 0 Å². The van der Waals surface area contributed by atoms with E-state index in [1.807, 2.05) is 65.6 Å². The molecule has 36 heavy (non-hydrogen) atoms. The van der Waals surface area contributed by atoms with E-state index in [-0.39, 0.29) is 18.8 Å². The molecule has 8 nitrogen and oxygen atoms in total. The Hall–Kier alpha value is -3.53. The van der Waals surface area contributed by atoms with Crippen LogP contribution in [0.5, 0.6) is 5.75 Å². The second-order valence-electron chi connectivity index (χ2n) is 8.40. The van der Waals surface area contributed by atoms with Crippen LogP contribution in [0.25, 0.3) is 10.2 Å². The average Bonchev–Trinajstić information content (AvgIpc) is 3.21. The van der Waals surface area contributed by atoms with E-state index >= 15 is 0 Å². The summed E-state index contributed by atoms with van der Waals surface area (Å²) in [6.07, 6.45) is -0.760. The number of rotatable bonds is 11. The van der Waals surface area contributed by atoms with Crippen molar-refractivity contribution in [3.63, 3.8) is 0 Å². The molecule has 1 unspecified atom stereocenters. The first-order valence-electron chi connectivity index (χ1n) is 11.8. The number of ether oxygens (including phenoxy) is 2. The molecule has 0 aliphatic carbocycles. The van der Waals surface area contributed by atoms with E-state index in [1.54, 1.807) is 13.8 Å². The molecule has 2 heterocycles. The number of aromatic nitrogens is 2. The van der Waals surface area contributed by atoms with Gasteiger partial charge in [-0.25, -0.2) is 9.78 Å². The van der Waals surface area contributed by atoms with Crippen LogP contribution < -0.4 is 10.3 Å². The van der Waals surface area contributed by atoms with Crippen LogP contribution in [-0.2, 0) is 17.8 Å². The molecule has 2 N–H and O–H groups in total. The third kappa shape index (κ3) is 6.37. The number of para-hydroxylation sites is 1. The molecule has 2 aromatic heterocycles. The van der Waals surface area contributed by atoms with Crippen molar-refractivity contribution < 1.29 is 19.4 Å². The highest BCUT2D eigenvalue weighted by Gasteiger charge is 2.21. The van der Waals surface area contributed by atoms with Gasteiger partial charge in [0.15, 0.2) is 0 Å². The summed E-state index contributed by atoms with van der Waals surface area (Å²) >= 11 is 1.16. The number of carbonyl (C=O) groups excluding carboxylic acids is 1. The molecule has 0 aliphatic heterocycles. The van der Waals surface area contributed by atoms with Crippen molar-refractivity contribution >= 4 is 27.5 Å². The predicted molar refractivity (Wildman–Crippen MR) is 139 cm³/mol. The second kappa shape index (κ2) is 11.9. The highest BCUT2D eigenvalue weighted by Crippen LogP contribution is 2.27. The second-order valence-corrected chi connectivity index (χ2v) is 9.40. The Kier molecular flexibility index (Phi) is 8.48. The van der Waals surface area contributed by atoms with Crippen LogP contribution in [0.15, 0.2) is 65.5 Å². The Balaban J connectivity index is 1.54. The Bertz CT molecular complexity index is 1350. The molecule has 0 spiro atoms. The van der Waals surface area contributed by atoms with E-state index in [1.165, 1.54) is 0 Å². The normalized spacial score (nSPS) is 12.1. The van der Waals surface area contributed by atoms with Crippen LogP contribution in [0.4, 0.5) is 0 Å². The molecule has 4 aromatic rings. The van der Waals surface area contributed by atoms with Gasteiger partial charge >= 0.3 is 5.97 Å². The van der Waals surface area contributed by atoms with Crippen molar-refractivity contribution in [2.24, 2.45) is 0 Å². The van der Waals surface area contributed by atoms with Gasteiger partial charge in [-0.1, -0.05) is 48.5 Å². The molecule has 2 aromatic carbocycles. The molecule has 188 valence electrons. The van der Waals surface area contributed by atoms with Crippen molar-refractivity contribution in [2.45, 2.75) is 33.0 Å². The summed E-state index contributed by atoms with van der Waals surface area (Å²) in [6.45, 7) is 5.01. The third-order valence-electron chi connectivity index (χ3n) is 5.59. The maximum Gasteiger partial charge on any atom is 0.348 e. The third-order valence-corrected chi connectivity index (χ3v) is 6.75. The number of nitrogens with zero attached hydrogens (tertiary/aromatic N) is 2. The molecule has 0 fully saturated rings. The van der Waals surface area contributed by atoms with E-state index in [2.05, 4.69) is 9.97 Å². The minimum Gasteiger partial charge on any atom is -0.491 e. The lowest BCUT2D eigenvalue weighted by Gasteiger charge is -2.25. The number of nitrogens with one attached hydrogen (secondary N) is 1. The van der Waals surface area contributed by atoms with E-state index in [9.17, 15) is 14.7 Å². The molecule has 0 radical (unpaired) electrons. The smallest absolute Gasteiger partial charge is 0.348 e. The number of carbonyl (C=O) groups is 1. The Morgan fingerprint density at radius 2 is 1.81 bits per heavy atom. The SMILES string of the molecule is CCOC(=O)c1sc2nc(CN(Cc3ccccc3)CC(O)COc3ccccc3)[nH]c(=O)c2c1C. The van der Waals surface area contributed by atoms with Gasteiger partial charge in [-0.05, 0) is 37.1 Å². The number of aliphatic hydroxyl groups excluding tert-OH is 1. The summed E-state index contributed by atoms with van der Waals surface area (Å²) in [5, 5.41) is 11.1. The Morgan fingerprint density at radius 1 is 1.11 bits per heavy atom. The molecule has 4 rings (SSSR count). The molecule has 0 aliphatic rings. The standard InChI is InChI=1S/C27H29N3O5S/c1-3-34-27(33)24-18(2)23-25(32)28-22(29-26(23)36-24)16-30(14-19-10-6-4-7-11-19)15-20(31)17-35-21-12-8-5-9-13-21/h4-13,20,31H,3,14-17H2,1-2H3,(H,28,29,32). The fourth-order valence-corrected chi connectivity index (χ4v) is 5.05. The molecule has 0 amide bonds. The minimum atomic E-state index is -0.760. The van der Waals surface area contributed by atoms with Crippen molar-refractivity contribution in [3.8, 4) is 5.75 Å². The summed E-state index contributed by atoms with van der Waals surface area (Å²) in [4.78, 5) is 35.6. The first-order valence-corrected chi connectivity index (χ1v) is 12.6. The van der Waals surface area contributed by atoms with Crippen molar-refractivity contribution in [2.75, 3.05) is 19.8 Å². The summed E-state index contributed by atoms with van der Waals surface area (Å²) in [7, 11) is 0.